The number of hydrogen-bond acceptors (Lipinski definition) is 5. The molecule has 2 aliphatic heterocycles. The summed E-state index contributed by atoms with van der Waals surface area (Å²) in [6, 6.07) is 10.4. The van der Waals surface area contributed by atoms with E-state index in [2.05, 4.69) is 4.90 Å². The molecular formula is C20H18ClNO4. The van der Waals surface area contributed by atoms with Crippen LogP contribution in [0.15, 0.2) is 42.2 Å². The van der Waals surface area contributed by atoms with Crippen molar-refractivity contribution in [3.05, 3.63) is 63.9 Å². The molecule has 2 aromatic carbocycles. The van der Waals surface area contributed by atoms with E-state index >= 15 is 0 Å². The summed E-state index contributed by atoms with van der Waals surface area (Å²) >= 11 is 6.18. The van der Waals surface area contributed by atoms with Gasteiger partial charge in [-0.15, -0.1) is 0 Å². The van der Waals surface area contributed by atoms with Crippen LogP contribution in [-0.4, -0.2) is 42.1 Å². The number of carbonyl (C=O) groups excluding carboxylic acids is 1. The summed E-state index contributed by atoms with van der Waals surface area (Å²) in [5.41, 5.74) is 1.80. The molecule has 26 heavy (non-hydrogen) atoms. The molecule has 0 radical (unpaired) electrons. The van der Waals surface area contributed by atoms with E-state index < -0.39 is 0 Å². The Morgan fingerprint density at radius 1 is 1.15 bits per heavy atom. The molecule has 2 aliphatic rings. The van der Waals surface area contributed by atoms with Crippen molar-refractivity contribution in [2.75, 3.05) is 26.3 Å². The lowest BCUT2D eigenvalue weighted by Crippen LogP contribution is -2.35. The Kier molecular flexibility index (Phi) is 4.68. The zero-order chi connectivity index (χ0) is 18.1. The summed E-state index contributed by atoms with van der Waals surface area (Å²) in [5.74, 6) is 0.562. The van der Waals surface area contributed by atoms with Gasteiger partial charge in [-0.05, 0) is 29.8 Å². The van der Waals surface area contributed by atoms with Crippen molar-refractivity contribution in [3.8, 4) is 11.5 Å². The Balaban J connectivity index is 1.67. The summed E-state index contributed by atoms with van der Waals surface area (Å²) in [7, 11) is 0. The number of morpholine rings is 1. The van der Waals surface area contributed by atoms with Gasteiger partial charge in [0.05, 0.1) is 24.3 Å². The van der Waals surface area contributed by atoms with Crippen LogP contribution in [0, 0.1) is 0 Å². The van der Waals surface area contributed by atoms with Gasteiger partial charge in [-0.2, -0.15) is 0 Å². The van der Waals surface area contributed by atoms with Crippen molar-refractivity contribution in [3.63, 3.8) is 0 Å². The highest BCUT2D eigenvalue weighted by atomic mass is 35.5. The fourth-order valence-electron chi connectivity index (χ4n) is 3.17. The number of ether oxygens (including phenoxy) is 2. The van der Waals surface area contributed by atoms with Crippen LogP contribution >= 0.6 is 11.6 Å². The maximum absolute atomic E-state index is 12.7. The summed E-state index contributed by atoms with van der Waals surface area (Å²) in [6.45, 7) is 3.38. The first-order chi connectivity index (χ1) is 12.6. The largest absolute Gasteiger partial charge is 0.507 e. The monoisotopic (exact) mass is 371 g/mol. The van der Waals surface area contributed by atoms with Gasteiger partial charge in [0.2, 0.25) is 5.78 Å². The Morgan fingerprint density at radius 3 is 2.69 bits per heavy atom. The number of carbonyl (C=O) groups is 1. The van der Waals surface area contributed by atoms with Crippen LogP contribution in [0.5, 0.6) is 11.5 Å². The number of rotatable bonds is 3. The predicted molar refractivity (Wildman–Crippen MR) is 98.6 cm³/mol. The van der Waals surface area contributed by atoms with Gasteiger partial charge in [0.1, 0.15) is 11.5 Å². The van der Waals surface area contributed by atoms with Crippen LogP contribution < -0.4 is 4.74 Å². The molecule has 0 bridgehead atoms. The number of aromatic hydroxyl groups is 1. The van der Waals surface area contributed by atoms with E-state index in [1.165, 1.54) is 0 Å². The van der Waals surface area contributed by atoms with Gasteiger partial charge in [-0.3, -0.25) is 9.69 Å². The minimum absolute atomic E-state index is 0.127. The molecule has 0 aromatic heterocycles. The van der Waals surface area contributed by atoms with Crippen LogP contribution in [-0.2, 0) is 11.3 Å². The van der Waals surface area contributed by atoms with Crippen molar-refractivity contribution in [2.45, 2.75) is 6.54 Å². The Morgan fingerprint density at radius 2 is 1.92 bits per heavy atom. The molecule has 6 heteroatoms. The fourth-order valence-corrected chi connectivity index (χ4v) is 3.36. The number of halogens is 1. The second kappa shape index (κ2) is 7.11. The number of fused-ring (bicyclic) bond motifs is 1. The zero-order valence-corrected chi connectivity index (χ0v) is 14.8. The Labute approximate surface area is 156 Å². The van der Waals surface area contributed by atoms with E-state index in [-0.39, 0.29) is 17.3 Å². The molecule has 2 aromatic rings. The van der Waals surface area contributed by atoms with Crippen LogP contribution in [0.2, 0.25) is 5.02 Å². The number of hydrogen-bond donors (Lipinski definition) is 1. The maximum atomic E-state index is 12.7. The van der Waals surface area contributed by atoms with Gasteiger partial charge in [-0.1, -0.05) is 29.8 Å². The molecule has 134 valence electrons. The van der Waals surface area contributed by atoms with Crippen molar-refractivity contribution in [1.82, 2.24) is 4.90 Å². The molecule has 0 amide bonds. The molecule has 5 nitrogen and oxygen atoms in total. The lowest BCUT2D eigenvalue weighted by molar-refractivity contribution is 0.0336. The van der Waals surface area contributed by atoms with Crippen molar-refractivity contribution < 1.29 is 19.4 Å². The van der Waals surface area contributed by atoms with Gasteiger partial charge in [0.25, 0.3) is 0 Å². The number of allylic oxidation sites excluding steroid dienone is 1. The summed E-state index contributed by atoms with van der Waals surface area (Å²) in [6.07, 6.45) is 1.64. The highest BCUT2D eigenvalue weighted by Gasteiger charge is 2.32. The lowest BCUT2D eigenvalue weighted by Gasteiger charge is -2.27. The quantitative estimate of drug-likeness (QED) is 0.837. The van der Waals surface area contributed by atoms with E-state index in [1.807, 2.05) is 18.2 Å². The molecule has 0 atom stereocenters. The Bertz CT molecular complexity index is 887. The van der Waals surface area contributed by atoms with E-state index in [1.54, 1.807) is 24.3 Å². The first-order valence-corrected chi connectivity index (χ1v) is 8.85. The molecule has 0 spiro atoms. The lowest BCUT2D eigenvalue weighted by atomic mass is 10.0. The smallest absolute Gasteiger partial charge is 0.231 e. The second-order valence-corrected chi connectivity index (χ2v) is 6.70. The number of Topliss-reactive ketones (excluding diaryl/α,β-unsaturated/α-hetero) is 1. The highest BCUT2D eigenvalue weighted by Crippen LogP contribution is 2.40. The summed E-state index contributed by atoms with van der Waals surface area (Å²) < 4.78 is 11.2. The summed E-state index contributed by atoms with van der Waals surface area (Å²) in [4.78, 5) is 14.9. The van der Waals surface area contributed by atoms with Crippen LogP contribution in [0.4, 0.5) is 0 Å². The highest BCUT2D eigenvalue weighted by molar-refractivity contribution is 6.32. The number of benzene rings is 2. The topological polar surface area (TPSA) is 59.0 Å². The maximum Gasteiger partial charge on any atom is 0.231 e. The molecule has 1 fully saturated rings. The Hall–Kier alpha value is -2.34. The third-order valence-corrected chi connectivity index (χ3v) is 4.94. The molecule has 2 heterocycles. The second-order valence-electron chi connectivity index (χ2n) is 6.29. The van der Waals surface area contributed by atoms with E-state index in [9.17, 15) is 9.90 Å². The zero-order valence-electron chi connectivity index (χ0n) is 14.1. The van der Waals surface area contributed by atoms with Gasteiger partial charge < -0.3 is 14.6 Å². The van der Waals surface area contributed by atoms with Crippen molar-refractivity contribution >= 4 is 23.5 Å². The molecule has 0 saturated carbocycles. The fraction of sp³-hybridized carbons (Fsp3) is 0.250. The average Bonchev–Trinajstić information content (AvgIpc) is 2.96. The SMILES string of the molecule is O=C1C(=Cc2ccccc2Cl)Oc2c1ccc(O)c2CN1CCOCC1. The molecule has 0 unspecified atom stereocenters. The third-order valence-electron chi connectivity index (χ3n) is 4.59. The van der Waals surface area contributed by atoms with Crippen LogP contribution in [0.25, 0.3) is 6.08 Å². The van der Waals surface area contributed by atoms with E-state index in [0.29, 0.717) is 47.2 Å². The van der Waals surface area contributed by atoms with E-state index in [4.69, 9.17) is 21.1 Å². The van der Waals surface area contributed by atoms with Gasteiger partial charge in [0, 0.05) is 24.7 Å². The van der Waals surface area contributed by atoms with Gasteiger partial charge in [0.15, 0.2) is 5.76 Å². The third kappa shape index (κ3) is 3.21. The van der Waals surface area contributed by atoms with Gasteiger partial charge in [-0.25, -0.2) is 0 Å². The van der Waals surface area contributed by atoms with Crippen molar-refractivity contribution in [1.29, 1.82) is 0 Å². The van der Waals surface area contributed by atoms with E-state index in [0.717, 1.165) is 13.1 Å². The molecule has 1 saturated heterocycles. The number of phenols is 1. The van der Waals surface area contributed by atoms with Crippen molar-refractivity contribution in [2.24, 2.45) is 0 Å². The predicted octanol–water partition coefficient (Wildman–Crippen LogP) is 3.49. The van der Waals surface area contributed by atoms with Crippen LogP contribution in [0.3, 0.4) is 0 Å². The van der Waals surface area contributed by atoms with Crippen LogP contribution in [0.1, 0.15) is 21.5 Å². The standard InChI is InChI=1S/C20H18ClNO4/c21-16-4-2-1-3-13(16)11-18-19(24)14-5-6-17(23)15(20(14)26-18)12-22-7-9-25-10-8-22/h1-6,11,23H,7-10,12H2. The molecule has 4 rings (SSSR count). The first-order valence-electron chi connectivity index (χ1n) is 8.47. The first kappa shape index (κ1) is 17.1. The minimum atomic E-state index is -0.205. The number of nitrogens with zero attached hydrogens (tertiary/aromatic N) is 1. The van der Waals surface area contributed by atoms with Gasteiger partial charge >= 0.3 is 0 Å². The molecule has 0 aliphatic carbocycles. The summed E-state index contributed by atoms with van der Waals surface area (Å²) in [5, 5.41) is 10.9. The normalized spacial score (nSPS) is 18.8. The minimum Gasteiger partial charge on any atom is -0.507 e. The number of ketones is 1. The number of phenolic OH excluding ortho intramolecular Hbond substituents is 1. The molecular weight excluding hydrogens is 354 g/mol. The average molecular weight is 372 g/mol. The molecule has 1 N–H and O–H groups in total.